The van der Waals surface area contributed by atoms with Crippen LogP contribution < -0.4 is 14.8 Å². The van der Waals surface area contributed by atoms with Crippen molar-refractivity contribution in [1.82, 2.24) is 9.97 Å². The third-order valence-corrected chi connectivity index (χ3v) is 2.88. The zero-order valence-electron chi connectivity index (χ0n) is 12.2. The summed E-state index contributed by atoms with van der Waals surface area (Å²) in [5, 5.41) is 3.20. The van der Waals surface area contributed by atoms with E-state index in [2.05, 4.69) is 15.3 Å². The highest BCUT2D eigenvalue weighted by Gasteiger charge is 2.11. The maximum atomic E-state index is 5.40. The maximum Gasteiger partial charge on any atom is 0.130 e. The standard InChI is InChI=1S/C15H19N3O2/c1-5-16-15-9-13(17-10(2)18-15)12-8-11(19-3)6-7-14(12)20-4/h6-9H,5H2,1-4H3,(H,16,17,18). The van der Waals surface area contributed by atoms with Crippen molar-refractivity contribution >= 4 is 5.82 Å². The molecule has 1 heterocycles. The van der Waals surface area contributed by atoms with Crippen LogP contribution in [0.3, 0.4) is 0 Å². The molecule has 2 rings (SSSR count). The van der Waals surface area contributed by atoms with Gasteiger partial charge in [0, 0.05) is 18.2 Å². The van der Waals surface area contributed by atoms with Crippen LogP contribution in [-0.4, -0.2) is 30.7 Å². The summed E-state index contributed by atoms with van der Waals surface area (Å²) < 4.78 is 10.7. The molecule has 0 saturated heterocycles. The zero-order chi connectivity index (χ0) is 14.5. The molecule has 0 fully saturated rings. The van der Waals surface area contributed by atoms with Crippen molar-refractivity contribution in [1.29, 1.82) is 0 Å². The Balaban J connectivity index is 2.54. The number of hydrogen-bond donors (Lipinski definition) is 1. The molecule has 2 aromatic rings. The Morgan fingerprint density at radius 3 is 2.55 bits per heavy atom. The zero-order valence-corrected chi connectivity index (χ0v) is 12.2. The van der Waals surface area contributed by atoms with Gasteiger partial charge in [0.1, 0.15) is 23.1 Å². The summed E-state index contributed by atoms with van der Waals surface area (Å²) in [5.41, 5.74) is 1.70. The number of aromatic nitrogens is 2. The molecule has 1 aromatic carbocycles. The highest BCUT2D eigenvalue weighted by Crippen LogP contribution is 2.33. The van der Waals surface area contributed by atoms with Crippen molar-refractivity contribution in [3.05, 3.63) is 30.1 Å². The van der Waals surface area contributed by atoms with Crippen LogP contribution >= 0.6 is 0 Å². The van der Waals surface area contributed by atoms with E-state index < -0.39 is 0 Å². The van der Waals surface area contributed by atoms with Crippen molar-refractivity contribution in [3.63, 3.8) is 0 Å². The summed E-state index contributed by atoms with van der Waals surface area (Å²) in [4.78, 5) is 8.84. The molecule has 0 unspecified atom stereocenters. The monoisotopic (exact) mass is 273 g/mol. The molecule has 0 spiro atoms. The molecule has 0 aliphatic heterocycles. The van der Waals surface area contributed by atoms with Crippen LogP contribution in [0.4, 0.5) is 5.82 Å². The second kappa shape index (κ2) is 6.23. The molecular formula is C15H19N3O2. The predicted molar refractivity (Wildman–Crippen MR) is 79.5 cm³/mol. The van der Waals surface area contributed by atoms with Crippen LogP contribution in [0, 0.1) is 6.92 Å². The number of aryl methyl sites for hydroxylation is 1. The number of rotatable bonds is 5. The van der Waals surface area contributed by atoms with E-state index in [0.29, 0.717) is 5.82 Å². The van der Waals surface area contributed by atoms with Gasteiger partial charge in [-0.3, -0.25) is 0 Å². The Morgan fingerprint density at radius 2 is 1.90 bits per heavy atom. The fourth-order valence-electron chi connectivity index (χ4n) is 1.99. The van der Waals surface area contributed by atoms with Gasteiger partial charge in [0.15, 0.2) is 0 Å². The topological polar surface area (TPSA) is 56.3 Å². The van der Waals surface area contributed by atoms with Crippen LogP contribution in [0.25, 0.3) is 11.3 Å². The molecule has 0 saturated carbocycles. The highest BCUT2D eigenvalue weighted by molar-refractivity contribution is 5.71. The minimum Gasteiger partial charge on any atom is -0.497 e. The van der Waals surface area contributed by atoms with E-state index >= 15 is 0 Å². The minimum atomic E-state index is 0.711. The van der Waals surface area contributed by atoms with E-state index in [9.17, 15) is 0 Å². The molecule has 1 aromatic heterocycles. The van der Waals surface area contributed by atoms with Gasteiger partial charge in [-0.05, 0) is 32.0 Å². The average Bonchev–Trinajstić information content (AvgIpc) is 2.46. The van der Waals surface area contributed by atoms with Gasteiger partial charge in [-0.25, -0.2) is 9.97 Å². The van der Waals surface area contributed by atoms with Gasteiger partial charge < -0.3 is 14.8 Å². The van der Waals surface area contributed by atoms with E-state index in [1.54, 1.807) is 14.2 Å². The Kier molecular flexibility index (Phi) is 4.40. The first-order valence-electron chi connectivity index (χ1n) is 6.50. The van der Waals surface area contributed by atoms with Gasteiger partial charge in [-0.15, -0.1) is 0 Å². The minimum absolute atomic E-state index is 0.711. The number of anilines is 1. The molecule has 0 radical (unpaired) electrons. The summed E-state index contributed by atoms with van der Waals surface area (Å²) in [6.07, 6.45) is 0. The van der Waals surface area contributed by atoms with Crippen molar-refractivity contribution in [2.24, 2.45) is 0 Å². The lowest BCUT2D eigenvalue weighted by atomic mass is 10.1. The first-order valence-corrected chi connectivity index (χ1v) is 6.50. The summed E-state index contributed by atoms with van der Waals surface area (Å²) in [7, 11) is 3.28. The van der Waals surface area contributed by atoms with Crippen LogP contribution in [0.15, 0.2) is 24.3 Å². The van der Waals surface area contributed by atoms with Gasteiger partial charge in [-0.2, -0.15) is 0 Å². The van der Waals surface area contributed by atoms with Crippen molar-refractivity contribution in [2.75, 3.05) is 26.1 Å². The maximum absolute atomic E-state index is 5.40. The van der Waals surface area contributed by atoms with Gasteiger partial charge in [0.05, 0.1) is 19.9 Å². The van der Waals surface area contributed by atoms with E-state index in [1.807, 2.05) is 38.1 Å². The van der Waals surface area contributed by atoms with Crippen LogP contribution in [0.2, 0.25) is 0 Å². The van der Waals surface area contributed by atoms with Gasteiger partial charge in [0.25, 0.3) is 0 Å². The molecule has 0 amide bonds. The summed E-state index contributed by atoms with van der Waals surface area (Å²) in [5.74, 6) is 3.04. The van der Waals surface area contributed by atoms with Crippen LogP contribution in [0.1, 0.15) is 12.7 Å². The van der Waals surface area contributed by atoms with Gasteiger partial charge >= 0.3 is 0 Å². The van der Waals surface area contributed by atoms with E-state index in [1.165, 1.54) is 0 Å². The number of methoxy groups -OCH3 is 2. The second-order valence-corrected chi connectivity index (χ2v) is 4.28. The average molecular weight is 273 g/mol. The van der Waals surface area contributed by atoms with Crippen molar-refractivity contribution < 1.29 is 9.47 Å². The second-order valence-electron chi connectivity index (χ2n) is 4.28. The molecule has 0 bridgehead atoms. The molecule has 0 aliphatic rings. The SMILES string of the molecule is CCNc1cc(-c2cc(OC)ccc2OC)nc(C)n1. The Hall–Kier alpha value is -2.30. The molecule has 20 heavy (non-hydrogen) atoms. The third kappa shape index (κ3) is 2.99. The molecule has 5 nitrogen and oxygen atoms in total. The molecular weight excluding hydrogens is 254 g/mol. The normalized spacial score (nSPS) is 10.2. The number of ether oxygens (including phenoxy) is 2. The summed E-state index contributed by atoms with van der Waals surface area (Å²) >= 11 is 0. The lowest BCUT2D eigenvalue weighted by Gasteiger charge is -2.12. The smallest absolute Gasteiger partial charge is 0.130 e. The highest BCUT2D eigenvalue weighted by atomic mass is 16.5. The molecule has 106 valence electrons. The summed E-state index contributed by atoms with van der Waals surface area (Å²) in [6.45, 7) is 4.71. The molecule has 0 atom stereocenters. The van der Waals surface area contributed by atoms with E-state index in [4.69, 9.17) is 9.47 Å². The van der Waals surface area contributed by atoms with E-state index in [-0.39, 0.29) is 0 Å². The predicted octanol–water partition coefficient (Wildman–Crippen LogP) is 2.90. The Bertz CT molecular complexity index is 600. The fraction of sp³-hybridized carbons (Fsp3) is 0.333. The molecule has 5 heteroatoms. The molecule has 1 N–H and O–H groups in total. The molecule has 0 aliphatic carbocycles. The van der Waals surface area contributed by atoms with E-state index in [0.717, 1.165) is 35.1 Å². The lowest BCUT2D eigenvalue weighted by molar-refractivity contribution is 0.404. The summed E-state index contributed by atoms with van der Waals surface area (Å²) in [6, 6.07) is 7.56. The van der Waals surface area contributed by atoms with Crippen molar-refractivity contribution in [3.8, 4) is 22.8 Å². The number of nitrogens with zero attached hydrogens (tertiary/aromatic N) is 2. The van der Waals surface area contributed by atoms with Gasteiger partial charge in [-0.1, -0.05) is 0 Å². The van der Waals surface area contributed by atoms with Crippen LogP contribution in [0.5, 0.6) is 11.5 Å². The Labute approximate surface area is 119 Å². The lowest BCUT2D eigenvalue weighted by Crippen LogP contribution is -2.03. The Morgan fingerprint density at radius 1 is 1.10 bits per heavy atom. The van der Waals surface area contributed by atoms with Crippen molar-refractivity contribution in [2.45, 2.75) is 13.8 Å². The first kappa shape index (κ1) is 14.1. The first-order chi connectivity index (χ1) is 9.67. The largest absolute Gasteiger partial charge is 0.497 e. The number of benzene rings is 1. The third-order valence-electron chi connectivity index (χ3n) is 2.88. The fourth-order valence-corrected chi connectivity index (χ4v) is 1.99. The van der Waals surface area contributed by atoms with Crippen LogP contribution in [-0.2, 0) is 0 Å². The quantitative estimate of drug-likeness (QED) is 0.907. The number of hydrogen-bond acceptors (Lipinski definition) is 5. The van der Waals surface area contributed by atoms with Gasteiger partial charge in [0.2, 0.25) is 0 Å². The number of nitrogens with one attached hydrogen (secondary N) is 1.